The van der Waals surface area contributed by atoms with Crippen molar-refractivity contribution in [3.8, 4) is 5.75 Å². The van der Waals surface area contributed by atoms with Crippen molar-refractivity contribution in [1.29, 1.82) is 0 Å². The van der Waals surface area contributed by atoms with Gasteiger partial charge < -0.3 is 19.6 Å². The Hall–Kier alpha value is -2.41. The highest BCUT2D eigenvalue weighted by molar-refractivity contribution is 5.83. The second kappa shape index (κ2) is 7.91. The molecule has 28 heavy (non-hydrogen) atoms. The van der Waals surface area contributed by atoms with Crippen LogP contribution in [0.3, 0.4) is 0 Å². The lowest BCUT2D eigenvalue weighted by atomic mass is 9.94. The van der Waals surface area contributed by atoms with Crippen LogP contribution in [0.2, 0.25) is 0 Å². The minimum atomic E-state index is -0.372. The Morgan fingerprint density at radius 1 is 1.18 bits per heavy atom. The van der Waals surface area contributed by atoms with Crippen LogP contribution < -0.4 is 9.64 Å². The van der Waals surface area contributed by atoms with E-state index in [0.717, 1.165) is 73.6 Å². The van der Waals surface area contributed by atoms with Gasteiger partial charge in [0.15, 0.2) is 0 Å². The smallest absolute Gasteiger partial charge is 0.226 e. The fourth-order valence-corrected chi connectivity index (χ4v) is 4.26. The van der Waals surface area contributed by atoms with Crippen LogP contribution in [0.25, 0.3) is 10.9 Å². The number of aliphatic hydroxyl groups excluding tert-OH is 1. The molecule has 1 aromatic carbocycles. The van der Waals surface area contributed by atoms with Crippen molar-refractivity contribution in [1.82, 2.24) is 14.9 Å². The Morgan fingerprint density at radius 2 is 1.96 bits per heavy atom. The molecule has 2 aliphatic rings. The van der Waals surface area contributed by atoms with E-state index in [-0.39, 0.29) is 17.9 Å². The molecule has 2 saturated heterocycles. The number of benzene rings is 1. The van der Waals surface area contributed by atoms with Gasteiger partial charge in [-0.3, -0.25) is 4.79 Å². The summed E-state index contributed by atoms with van der Waals surface area (Å²) in [5.74, 6) is 1.73. The molecule has 7 nitrogen and oxygen atoms in total. The fraction of sp³-hybridized carbons (Fsp3) is 0.571. The number of likely N-dealkylation sites (tertiary alicyclic amines) is 1. The molecule has 3 heterocycles. The van der Waals surface area contributed by atoms with Gasteiger partial charge in [0, 0.05) is 43.5 Å². The van der Waals surface area contributed by atoms with E-state index in [1.54, 1.807) is 7.11 Å². The number of nitrogens with zero attached hydrogens (tertiary/aromatic N) is 4. The minimum Gasteiger partial charge on any atom is -0.497 e. The van der Waals surface area contributed by atoms with Gasteiger partial charge in [0.25, 0.3) is 0 Å². The molecule has 1 N–H and O–H groups in total. The molecule has 1 aromatic heterocycles. The topological polar surface area (TPSA) is 78.8 Å². The zero-order chi connectivity index (χ0) is 19.7. The molecule has 0 bridgehead atoms. The third-order valence-corrected chi connectivity index (χ3v) is 5.92. The Balaban J connectivity index is 1.45. The number of rotatable bonds is 3. The molecule has 2 aromatic rings. The lowest BCUT2D eigenvalue weighted by molar-refractivity contribution is -0.139. The van der Waals surface area contributed by atoms with Gasteiger partial charge in [0.05, 0.1) is 24.4 Å². The van der Waals surface area contributed by atoms with E-state index in [1.807, 2.05) is 30.0 Å². The number of hydrogen-bond donors (Lipinski definition) is 1. The van der Waals surface area contributed by atoms with Crippen molar-refractivity contribution in [3.05, 3.63) is 23.9 Å². The van der Waals surface area contributed by atoms with E-state index in [1.165, 1.54) is 0 Å². The summed E-state index contributed by atoms with van der Waals surface area (Å²) in [5.41, 5.74) is 1.82. The predicted octanol–water partition coefficient (Wildman–Crippen LogP) is 2.15. The molecule has 0 spiro atoms. The largest absolute Gasteiger partial charge is 0.497 e. The quantitative estimate of drug-likeness (QED) is 0.874. The fourth-order valence-electron chi connectivity index (χ4n) is 4.26. The van der Waals surface area contributed by atoms with Gasteiger partial charge in [-0.25, -0.2) is 9.97 Å². The highest BCUT2D eigenvalue weighted by Crippen LogP contribution is 2.27. The zero-order valence-electron chi connectivity index (χ0n) is 16.6. The molecular formula is C21H28N4O3. The maximum Gasteiger partial charge on any atom is 0.226 e. The van der Waals surface area contributed by atoms with Crippen molar-refractivity contribution >= 4 is 22.8 Å². The summed E-state index contributed by atoms with van der Waals surface area (Å²) < 4.78 is 5.32. The number of aryl methyl sites for hydroxylation is 1. The van der Waals surface area contributed by atoms with Crippen LogP contribution in [0.4, 0.5) is 5.95 Å². The first-order valence-electron chi connectivity index (χ1n) is 10.1. The van der Waals surface area contributed by atoms with Crippen molar-refractivity contribution < 1.29 is 14.6 Å². The Labute approximate surface area is 165 Å². The molecule has 2 aliphatic heterocycles. The molecule has 4 rings (SSSR count). The third kappa shape index (κ3) is 3.76. The molecule has 1 atom stereocenters. The lowest BCUT2D eigenvalue weighted by Gasteiger charge is -2.36. The second-order valence-electron chi connectivity index (χ2n) is 7.83. The lowest BCUT2D eigenvalue weighted by Crippen LogP contribution is -2.47. The van der Waals surface area contributed by atoms with Gasteiger partial charge in [0.1, 0.15) is 5.75 Å². The maximum absolute atomic E-state index is 12.8. The molecule has 0 unspecified atom stereocenters. The van der Waals surface area contributed by atoms with Crippen LogP contribution in [0.1, 0.15) is 31.4 Å². The maximum atomic E-state index is 12.8. The molecule has 2 fully saturated rings. The van der Waals surface area contributed by atoms with Crippen molar-refractivity contribution in [2.24, 2.45) is 5.92 Å². The van der Waals surface area contributed by atoms with Crippen LogP contribution in [0.15, 0.2) is 18.2 Å². The number of carbonyl (C=O) groups excluding carboxylic acids is 1. The molecule has 0 saturated carbocycles. The number of ether oxygens (including phenoxy) is 1. The summed E-state index contributed by atoms with van der Waals surface area (Å²) in [6.07, 6.45) is 2.91. The Morgan fingerprint density at radius 3 is 2.68 bits per heavy atom. The van der Waals surface area contributed by atoms with Crippen molar-refractivity contribution in [2.45, 2.75) is 38.7 Å². The second-order valence-corrected chi connectivity index (χ2v) is 7.83. The standard InChI is InChI=1S/C21H28N4O3/c1-14-18-6-5-17(28-2)12-19(18)23-21(22-14)24-10-7-15(8-11-24)20(27)25-9-3-4-16(26)13-25/h5-6,12,15-16,26H,3-4,7-11,13H2,1-2H3/t16-/m0/s1. The van der Waals surface area contributed by atoms with Crippen LogP contribution in [0.5, 0.6) is 5.75 Å². The number of aromatic nitrogens is 2. The summed E-state index contributed by atoms with van der Waals surface area (Å²) in [6.45, 7) is 4.78. The summed E-state index contributed by atoms with van der Waals surface area (Å²) >= 11 is 0. The number of methoxy groups -OCH3 is 1. The molecule has 0 radical (unpaired) electrons. The highest BCUT2D eigenvalue weighted by Gasteiger charge is 2.31. The van der Waals surface area contributed by atoms with Crippen LogP contribution in [-0.2, 0) is 4.79 Å². The SMILES string of the molecule is COc1ccc2c(C)nc(N3CCC(C(=O)N4CCC[C@H](O)C4)CC3)nc2c1. The van der Waals surface area contributed by atoms with Gasteiger partial charge in [-0.1, -0.05) is 0 Å². The van der Waals surface area contributed by atoms with Gasteiger partial charge in [-0.05, 0) is 44.7 Å². The van der Waals surface area contributed by atoms with Crippen LogP contribution in [-0.4, -0.2) is 65.3 Å². The predicted molar refractivity (Wildman–Crippen MR) is 108 cm³/mol. The number of amides is 1. The number of piperidine rings is 2. The van der Waals surface area contributed by atoms with Crippen molar-refractivity contribution in [2.75, 3.05) is 38.2 Å². The number of fused-ring (bicyclic) bond motifs is 1. The molecule has 0 aliphatic carbocycles. The minimum absolute atomic E-state index is 0.0307. The van der Waals surface area contributed by atoms with Gasteiger partial charge in [-0.2, -0.15) is 0 Å². The third-order valence-electron chi connectivity index (χ3n) is 5.92. The molecule has 1 amide bonds. The van der Waals surface area contributed by atoms with Gasteiger partial charge >= 0.3 is 0 Å². The average Bonchev–Trinajstić information content (AvgIpc) is 2.73. The van der Waals surface area contributed by atoms with E-state index < -0.39 is 0 Å². The molecule has 150 valence electrons. The normalized spacial score (nSPS) is 21.2. The number of β-amino-alcohol motifs (C(OH)–C–C–N with tert-alkyl or cyclic N) is 1. The first-order chi connectivity index (χ1) is 13.5. The van der Waals surface area contributed by atoms with Crippen LogP contribution >= 0.6 is 0 Å². The van der Waals surface area contributed by atoms with Gasteiger partial charge in [0.2, 0.25) is 11.9 Å². The van der Waals surface area contributed by atoms with Crippen LogP contribution in [0, 0.1) is 12.8 Å². The van der Waals surface area contributed by atoms with Gasteiger partial charge in [-0.15, -0.1) is 0 Å². The number of aliphatic hydroxyl groups is 1. The van der Waals surface area contributed by atoms with Crippen molar-refractivity contribution in [3.63, 3.8) is 0 Å². The summed E-state index contributed by atoms with van der Waals surface area (Å²) in [7, 11) is 1.65. The number of hydrogen-bond acceptors (Lipinski definition) is 6. The monoisotopic (exact) mass is 384 g/mol. The first-order valence-corrected chi connectivity index (χ1v) is 10.1. The first kappa shape index (κ1) is 18.9. The van der Waals surface area contributed by atoms with E-state index in [4.69, 9.17) is 14.7 Å². The van der Waals surface area contributed by atoms with E-state index in [0.29, 0.717) is 6.54 Å². The zero-order valence-corrected chi connectivity index (χ0v) is 16.6. The van der Waals surface area contributed by atoms with E-state index in [2.05, 4.69) is 4.90 Å². The van der Waals surface area contributed by atoms with E-state index >= 15 is 0 Å². The molecule has 7 heteroatoms. The molecular weight excluding hydrogens is 356 g/mol. The summed E-state index contributed by atoms with van der Waals surface area (Å²) in [6, 6.07) is 5.85. The summed E-state index contributed by atoms with van der Waals surface area (Å²) in [5, 5.41) is 10.9. The number of anilines is 1. The van der Waals surface area contributed by atoms with E-state index in [9.17, 15) is 9.90 Å². The number of carbonyl (C=O) groups is 1. The Kier molecular flexibility index (Phi) is 5.35. The highest BCUT2D eigenvalue weighted by atomic mass is 16.5. The average molecular weight is 384 g/mol. The summed E-state index contributed by atoms with van der Waals surface area (Å²) in [4.78, 5) is 26.2. The Bertz CT molecular complexity index is 864.